The Morgan fingerprint density at radius 3 is 2.88 bits per heavy atom. The molecule has 0 heterocycles. The number of carbonyl (C=O) groups excluding carboxylic acids is 1. The van der Waals surface area contributed by atoms with Gasteiger partial charge in [0.25, 0.3) is 0 Å². The molecule has 3 heteroatoms. The molecule has 1 amide bonds. The van der Waals surface area contributed by atoms with E-state index in [4.69, 9.17) is 5.26 Å². The number of nitrogens with zero attached hydrogens (tertiary/aromatic N) is 1. The van der Waals surface area contributed by atoms with Gasteiger partial charge in [0, 0.05) is 5.57 Å². The van der Waals surface area contributed by atoms with Crippen LogP contribution >= 0.6 is 0 Å². The van der Waals surface area contributed by atoms with Gasteiger partial charge in [0.05, 0.1) is 12.6 Å². The summed E-state index contributed by atoms with van der Waals surface area (Å²) in [5.41, 5.74) is 0.327. The smallest absolute Gasteiger partial charge is 0.309 e. The van der Waals surface area contributed by atoms with Crippen molar-refractivity contribution in [1.82, 2.24) is 5.32 Å². The van der Waals surface area contributed by atoms with Crippen molar-refractivity contribution in [3.8, 4) is 6.07 Å². The van der Waals surface area contributed by atoms with E-state index in [-0.39, 0.29) is 6.54 Å². The molecule has 0 spiro atoms. The Morgan fingerprint density at radius 2 is 2.50 bits per heavy atom. The third-order valence-corrected chi connectivity index (χ3v) is 0.532. The van der Waals surface area contributed by atoms with E-state index in [1.165, 1.54) is 6.41 Å². The van der Waals surface area contributed by atoms with Crippen LogP contribution in [0.25, 0.3) is 0 Å². The van der Waals surface area contributed by atoms with Crippen LogP contribution in [0.3, 0.4) is 0 Å². The summed E-state index contributed by atoms with van der Waals surface area (Å²) in [4.78, 5) is 9.44. The summed E-state index contributed by atoms with van der Waals surface area (Å²) in [6.45, 7) is 3.50. The molecule has 0 aromatic carbocycles. The van der Waals surface area contributed by atoms with Crippen LogP contribution in [-0.4, -0.2) is 13.0 Å². The molecule has 0 aromatic rings. The van der Waals surface area contributed by atoms with Gasteiger partial charge >= 0.3 is 6.41 Å². The number of amides is 1. The van der Waals surface area contributed by atoms with Gasteiger partial charge < -0.3 is 5.32 Å². The number of nitrogens with one attached hydrogen (secondary N) is 1. The van der Waals surface area contributed by atoms with Crippen LogP contribution in [0.15, 0.2) is 12.2 Å². The largest absolute Gasteiger partial charge is 0.343 e. The molecule has 0 rings (SSSR count). The zero-order valence-electron chi connectivity index (χ0n) is 4.27. The van der Waals surface area contributed by atoms with Crippen molar-refractivity contribution in [3.05, 3.63) is 12.2 Å². The van der Waals surface area contributed by atoms with Crippen molar-refractivity contribution in [2.24, 2.45) is 0 Å². The van der Waals surface area contributed by atoms with Crippen LogP contribution in [0.5, 0.6) is 0 Å². The molecule has 1 radical (unpaired) electrons. The van der Waals surface area contributed by atoms with Crippen molar-refractivity contribution in [3.63, 3.8) is 0 Å². The molecule has 0 aromatic heterocycles. The molecule has 0 aliphatic heterocycles. The van der Waals surface area contributed by atoms with Crippen LogP contribution in [0.2, 0.25) is 0 Å². The van der Waals surface area contributed by atoms with Crippen molar-refractivity contribution in [2.75, 3.05) is 6.54 Å². The summed E-state index contributed by atoms with van der Waals surface area (Å²) in [6.07, 6.45) is 1.42. The van der Waals surface area contributed by atoms with Crippen molar-refractivity contribution in [1.29, 1.82) is 5.26 Å². The summed E-state index contributed by atoms with van der Waals surface area (Å²) in [6, 6.07) is 1.76. The van der Waals surface area contributed by atoms with Gasteiger partial charge in [-0.1, -0.05) is 6.58 Å². The Morgan fingerprint density at radius 1 is 1.88 bits per heavy atom. The minimum atomic E-state index is 0.194. The first-order chi connectivity index (χ1) is 3.81. The maximum atomic E-state index is 9.44. The van der Waals surface area contributed by atoms with Gasteiger partial charge in [-0.05, 0) is 0 Å². The second kappa shape index (κ2) is 3.88. The lowest BCUT2D eigenvalue weighted by atomic mass is 10.3. The molecule has 3 nitrogen and oxygen atoms in total. The Kier molecular flexibility index (Phi) is 3.25. The Bertz CT molecular complexity index is 134. The van der Waals surface area contributed by atoms with E-state index in [1.54, 1.807) is 6.07 Å². The van der Waals surface area contributed by atoms with E-state index in [0.717, 1.165) is 0 Å². The number of nitriles is 1. The molecular weight excluding hydrogens is 104 g/mol. The monoisotopic (exact) mass is 109 g/mol. The van der Waals surface area contributed by atoms with E-state index in [0.29, 0.717) is 5.57 Å². The Hall–Kier alpha value is -1.30. The summed E-state index contributed by atoms with van der Waals surface area (Å²) >= 11 is 0. The summed E-state index contributed by atoms with van der Waals surface area (Å²) in [7, 11) is 0. The summed E-state index contributed by atoms with van der Waals surface area (Å²) < 4.78 is 0. The average molecular weight is 109 g/mol. The van der Waals surface area contributed by atoms with Crippen LogP contribution in [0.1, 0.15) is 0 Å². The van der Waals surface area contributed by atoms with E-state index >= 15 is 0 Å². The molecule has 0 fully saturated rings. The normalized spacial score (nSPS) is 6.88. The second-order valence-corrected chi connectivity index (χ2v) is 1.17. The molecular formula is C5H5N2O. The number of hydrogen-bond donors (Lipinski definition) is 1. The quantitative estimate of drug-likeness (QED) is 0.400. The summed E-state index contributed by atoms with van der Waals surface area (Å²) in [5.74, 6) is 0. The van der Waals surface area contributed by atoms with Crippen molar-refractivity contribution >= 4 is 6.41 Å². The zero-order chi connectivity index (χ0) is 6.41. The molecule has 41 valence electrons. The fourth-order valence-electron chi connectivity index (χ4n) is 0.182. The molecule has 0 saturated heterocycles. The van der Waals surface area contributed by atoms with Crippen LogP contribution in [0, 0.1) is 11.3 Å². The van der Waals surface area contributed by atoms with Crippen LogP contribution in [0.4, 0.5) is 0 Å². The lowest BCUT2D eigenvalue weighted by Gasteiger charge is -1.88. The topological polar surface area (TPSA) is 52.9 Å². The molecule has 1 N–H and O–H groups in total. The maximum Gasteiger partial charge on any atom is 0.309 e. The maximum absolute atomic E-state index is 9.44. The molecule has 0 saturated carbocycles. The van der Waals surface area contributed by atoms with Gasteiger partial charge in [-0.3, -0.25) is 4.79 Å². The predicted octanol–water partition coefficient (Wildman–Crippen LogP) is -0.277. The van der Waals surface area contributed by atoms with Crippen molar-refractivity contribution in [2.45, 2.75) is 0 Å². The zero-order valence-corrected chi connectivity index (χ0v) is 4.27. The third-order valence-electron chi connectivity index (χ3n) is 0.532. The van der Waals surface area contributed by atoms with Gasteiger partial charge in [-0.25, -0.2) is 0 Å². The molecule has 0 aliphatic carbocycles. The fourth-order valence-corrected chi connectivity index (χ4v) is 0.182. The van der Waals surface area contributed by atoms with Gasteiger partial charge in [-0.15, -0.1) is 0 Å². The van der Waals surface area contributed by atoms with E-state index in [2.05, 4.69) is 11.9 Å². The molecule has 8 heavy (non-hydrogen) atoms. The van der Waals surface area contributed by atoms with Gasteiger partial charge in [0.2, 0.25) is 0 Å². The standard InChI is InChI=1S/C5H5N2O/c1-5(2-6)3-7-4-8/h1,3H2,(H,7,8). The van der Waals surface area contributed by atoms with Gasteiger partial charge in [0.15, 0.2) is 0 Å². The third kappa shape index (κ3) is 2.91. The first-order valence-corrected chi connectivity index (χ1v) is 1.99. The molecule has 0 bridgehead atoms. The Labute approximate surface area is 47.6 Å². The molecule has 0 unspecified atom stereocenters. The molecule has 0 aliphatic rings. The highest BCUT2D eigenvalue weighted by molar-refractivity contribution is 5.48. The molecule has 0 atom stereocenters. The minimum Gasteiger partial charge on any atom is -0.343 e. The van der Waals surface area contributed by atoms with Crippen LogP contribution in [-0.2, 0) is 4.79 Å². The lowest BCUT2D eigenvalue weighted by molar-refractivity contribution is 0.545. The highest BCUT2D eigenvalue weighted by atomic mass is 16.1. The second-order valence-electron chi connectivity index (χ2n) is 1.17. The highest BCUT2D eigenvalue weighted by Crippen LogP contribution is 1.78. The van der Waals surface area contributed by atoms with Gasteiger partial charge in [-0.2, -0.15) is 5.26 Å². The number of rotatable bonds is 3. The summed E-state index contributed by atoms with van der Waals surface area (Å²) in [5, 5.41) is 10.2. The number of hydrogen-bond acceptors (Lipinski definition) is 2. The first-order valence-electron chi connectivity index (χ1n) is 1.99. The van der Waals surface area contributed by atoms with Gasteiger partial charge in [0.1, 0.15) is 0 Å². The minimum absolute atomic E-state index is 0.194. The first kappa shape index (κ1) is 6.70. The Balaban J connectivity index is 3.29. The highest BCUT2D eigenvalue weighted by Gasteiger charge is 1.85. The predicted molar refractivity (Wildman–Crippen MR) is 28.4 cm³/mol. The van der Waals surface area contributed by atoms with E-state index in [1.807, 2.05) is 0 Å². The fraction of sp³-hybridized carbons (Fsp3) is 0.200. The average Bonchev–Trinajstić information content (AvgIpc) is 1.83. The lowest BCUT2D eigenvalue weighted by Crippen LogP contribution is -2.12. The van der Waals surface area contributed by atoms with E-state index < -0.39 is 0 Å². The van der Waals surface area contributed by atoms with Crippen molar-refractivity contribution < 1.29 is 4.79 Å². The SMILES string of the molecule is C=C(C#N)CN[C]=O. The van der Waals surface area contributed by atoms with Crippen LogP contribution < -0.4 is 5.32 Å². The van der Waals surface area contributed by atoms with E-state index in [9.17, 15) is 4.79 Å².